The lowest BCUT2D eigenvalue weighted by molar-refractivity contribution is 0.318. The molecule has 0 bridgehead atoms. The van der Waals surface area contributed by atoms with Crippen molar-refractivity contribution in [2.45, 2.75) is 19.5 Å². The maximum Gasteiger partial charge on any atom is 0.173 e. The molecule has 1 atom stereocenters. The third-order valence-corrected chi connectivity index (χ3v) is 3.27. The maximum atomic E-state index is 14.2. The first kappa shape index (κ1) is 14.9. The lowest BCUT2D eigenvalue weighted by atomic mass is 10.1. The number of pyridine rings is 1. The fourth-order valence-corrected chi connectivity index (χ4v) is 2.00. The molecule has 2 rings (SSSR count). The lowest BCUT2D eigenvalue weighted by Crippen LogP contribution is -2.21. The zero-order valence-corrected chi connectivity index (χ0v) is 11.6. The summed E-state index contributed by atoms with van der Waals surface area (Å²) in [7, 11) is 0. The highest BCUT2D eigenvalue weighted by molar-refractivity contribution is 5.97. The number of amidine groups is 1. The summed E-state index contributed by atoms with van der Waals surface area (Å²) in [5.41, 5.74) is 7.06. The van der Waals surface area contributed by atoms with Gasteiger partial charge >= 0.3 is 0 Å². The smallest absolute Gasteiger partial charge is 0.173 e. The topological polar surface area (TPSA) is 83.5 Å². The number of halogens is 1. The highest BCUT2D eigenvalue weighted by Gasteiger charge is 2.12. The van der Waals surface area contributed by atoms with Gasteiger partial charge in [-0.15, -0.1) is 0 Å². The summed E-state index contributed by atoms with van der Waals surface area (Å²) in [6, 6.07) is 8.67. The number of rotatable bonds is 5. The van der Waals surface area contributed by atoms with E-state index in [0.29, 0.717) is 12.1 Å². The molecule has 0 saturated heterocycles. The summed E-state index contributed by atoms with van der Waals surface area (Å²) in [6.45, 7) is 2.32. The van der Waals surface area contributed by atoms with Crippen molar-refractivity contribution >= 4 is 5.84 Å². The number of nitrogens with two attached hydrogens (primary N) is 1. The van der Waals surface area contributed by atoms with Gasteiger partial charge in [0.2, 0.25) is 0 Å². The molecule has 110 valence electrons. The molecule has 0 amide bonds. The molecule has 1 aromatic carbocycles. The number of hydrogen-bond acceptors (Lipinski definition) is 4. The molecule has 5 nitrogen and oxygen atoms in total. The van der Waals surface area contributed by atoms with Crippen LogP contribution in [0, 0.1) is 5.82 Å². The number of nitrogens with zero attached hydrogens (tertiary/aromatic N) is 2. The summed E-state index contributed by atoms with van der Waals surface area (Å²) < 4.78 is 14.2. The molecule has 0 aliphatic rings. The Morgan fingerprint density at radius 2 is 2.10 bits per heavy atom. The van der Waals surface area contributed by atoms with Gasteiger partial charge in [-0.1, -0.05) is 17.3 Å². The predicted octanol–water partition coefficient (Wildman–Crippen LogP) is 2.17. The third-order valence-electron chi connectivity index (χ3n) is 3.27. The number of oxime groups is 1. The van der Waals surface area contributed by atoms with Gasteiger partial charge in [0.1, 0.15) is 5.82 Å². The first-order valence-corrected chi connectivity index (χ1v) is 6.52. The largest absolute Gasteiger partial charge is 0.409 e. The van der Waals surface area contributed by atoms with Gasteiger partial charge in [0, 0.05) is 30.5 Å². The van der Waals surface area contributed by atoms with Gasteiger partial charge in [-0.25, -0.2) is 4.39 Å². The van der Waals surface area contributed by atoms with E-state index in [-0.39, 0.29) is 17.4 Å². The van der Waals surface area contributed by atoms with E-state index in [9.17, 15) is 4.39 Å². The second kappa shape index (κ2) is 6.81. The Balaban J connectivity index is 2.11. The van der Waals surface area contributed by atoms with Crippen LogP contribution in [-0.4, -0.2) is 16.0 Å². The first-order chi connectivity index (χ1) is 10.1. The van der Waals surface area contributed by atoms with Crippen molar-refractivity contribution in [3.8, 4) is 0 Å². The second-order valence-corrected chi connectivity index (χ2v) is 4.65. The van der Waals surface area contributed by atoms with Crippen LogP contribution in [0.25, 0.3) is 0 Å². The Labute approximate surface area is 122 Å². The molecule has 2 aromatic rings. The van der Waals surface area contributed by atoms with E-state index in [1.807, 2.05) is 19.1 Å². The highest BCUT2D eigenvalue weighted by atomic mass is 19.1. The Hall–Kier alpha value is -2.47. The standard InChI is InChI=1S/C15H17FN4O/c1-10(11-5-7-18-8-6-11)19-9-12-3-2-4-13(14(12)16)15(17)20-21/h2-8,10,19,21H,9H2,1H3,(H2,17,20)/t10-/m0/s1. The Bertz CT molecular complexity index is 631. The summed E-state index contributed by atoms with van der Waals surface area (Å²) in [4.78, 5) is 3.96. The SMILES string of the molecule is C[C@H](NCc1cccc(/C(N)=N/O)c1F)c1ccncc1. The normalized spacial score (nSPS) is 13.1. The minimum Gasteiger partial charge on any atom is -0.409 e. The van der Waals surface area contributed by atoms with Crippen LogP contribution in [-0.2, 0) is 6.54 Å². The molecule has 0 aliphatic heterocycles. The average Bonchev–Trinajstić information content (AvgIpc) is 2.53. The second-order valence-electron chi connectivity index (χ2n) is 4.65. The van der Waals surface area contributed by atoms with Crippen LogP contribution in [0.15, 0.2) is 47.9 Å². The van der Waals surface area contributed by atoms with Gasteiger partial charge in [0.05, 0.1) is 5.56 Å². The van der Waals surface area contributed by atoms with Gasteiger partial charge in [0.25, 0.3) is 0 Å². The van der Waals surface area contributed by atoms with E-state index in [2.05, 4.69) is 15.5 Å². The predicted molar refractivity (Wildman–Crippen MR) is 78.4 cm³/mol. The van der Waals surface area contributed by atoms with E-state index < -0.39 is 5.82 Å². The van der Waals surface area contributed by atoms with Gasteiger partial charge in [0.15, 0.2) is 5.84 Å². The van der Waals surface area contributed by atoms with Crippen LogP contribution in [0.1, 0.15) is 29.7 Å². The Morgan fingerprint density at radius 3 is 2.76 bits per heavy atom. The highest BCUT2D eigenvalue weighted by Crippen LogP contribution is 2.15. The van der Waals surface area contributed by atoms with E-state index in [1.54, 1.807) is 24.5 Å². The van der Waals surface area contributed by atoms with Gasteiger partial charge < -0.3 is 16.3 Å². The first-order valence-electron chi connectivity index (χ1n) is 6.52. The van der Waals surface area contributed by atoms with Crippen LogP contribution in [0.4, 0.5) is 4.39 Å². The number of hydrogen-bond donors (Lipinski definition) is 3. The van der Waals surface area contributed by atoms with Gasteiger partial charge in [-0.05, 0) is 30.7 Å². The molecule has 0 fully saturated rings. The average molecular weight is 288 g/mol. The van der Waals surface area contributed by atoms with Crippen LogP contribution in [0.5, 0.6) is 0 Å². The van der Waals surface area contributed by atoms with E-state index >= 15 is 0 Å². The van der Waals surface area contributed by atoms with Crippen LogP contribution < -0.4 is 11.1 Å². The Morgan fingerprint density at radius 1 is 1.38 bits per heavy atom. The molecule has 0 unspecified atom stereocenters. The molecule has 0 spiro atoms. The van der Waals surface area contributed by atoms with Crippen molar-refractivity contribution < 1.29 is 9.60 Å². The van der Waals surface area contributed by atoms with Crippen molar-refractivity contribution in [3.05, 3.63) is 65.2 Å². The van der Waals surface area contributed by atoms with Crippen LogP contribution in [0.3, 0.4) is 0 Å². The molecule has 4 N–H and O–H groups in total. The monoisotopic (exact) mass is 288 g/mol. The summed E-state index contributed by atoms with van der Waals surface area (Å²) in [6.07, 6.45) is 3.43. The summed E-state index contributed by atoms with van der Waals surface area (Å²) in [5, 5.41) is 14.7. The third kappa shape index (κ3) is 3.55. The molecule has 0 saturated carbocycles. The molecule has 0 radical (unpaired) electrons. The minimum atomic E-state index is -0.484. The molecule has 21 heavy (non-hydrogen) atoms. The zero-order valence-electron chi connectivity index (χ0n) is 11.6. The molecular formula is C15H17FN4O. The lowest BCUT2D eigenvalue weighted by Gasteiger charge is -2.15. The number of benzene rings is 1. The van der Waals surface area contributed by atoms with Crippen molar-refractivity contribution in [1.82, 2.24) is 10.3 Å². The van der Waals surface area contributed by atoms with Gasteiger partial charge in [-0.3, -0.25) is 4.98 Å². The van der Waals surface area contributed by atoms with Crippen LogP contribution in [0.2, 0.25) is 0 Å². The van der Waals surface area contributed by atoms with Crippen molar-refractivity contribution in [2.75, 3.05) is 0 Å². The quantitative estimate of drug-likeness (QED) is 0.341. The van der Waals surface area contributed by atoms with Gasteiger partial charge in [-0.2, -0.15) is 0 Å². The molecule has 6 heteroatoms. The number of aromatic nitrogens is 1. The fraction of sp³-hybridized carbons (Fsp3) is 0.200. The van der Waals surface area contributed by atoms with Crippen LogP contribution >= 0.6 is 0 Å². The number of nitrogens with one attached hydrogen (secondary N) is 1. The van der Waals surface area contributed by atoms with Crippen molar-refractivity contribution in [3.63, 3.8) is 0 Å². The van der Waals surface area contributed by atoms with E-state index in [1.165, 1.54) is 6.07 Å². The molecular weight excluding hydrogens is 271 g/mol. The Kier molecular flexibility index (Phi) is 4.84. The fourth-order valence-electron chi connectivity index (χ4n) is 2.00. The summed E-state index contributed by atoms with van der Waals surface area (Å²) in [5.74, 6) is -0.723. The van der Waals surface area contributed by atoms with Crippen molar-refractivity contribution in [1.29, 1.82) is 0 Å². The molecule has 1 heterocycles. The molecule has 1 aromatic heterocycles. The van der Waals surface area contributed by atoms with Crippen molar-refractivity contribution in [2.24, 2.45) is 10.9 Å². The van der Waals surface area contributed by atoms with E-state index in [4.69, 9.17) is 10.9 Å². The zero-order chi connectivity index (χ0) is 15.2. The minimum absolute atomic E-state index is 0.0555. The molecule has 0 aliphatic carbocycles. The maximum absolute atomic E-state index is 14.2. The van der Waals surface area contributed by atoms with E-state index in [0.717, 1.165) is 5.56 Å². The summed E-state index contributed by atoms with van der Waals surface area (Å²) >= 11 is 0.